The maximum atomic E-state index is 12.9. The van der Waals surface area contributed by atoms with E-state index in [0.717, 1.165) is 19.3 Å². The number of nitrogens with two attached hydrogens (primary N) is 1. The Bertz CT molecular complexity index is 337. The first-order valence-electron chi connectivity index (χ1n) is 5.09. The van der Waals surface area contributed by atoms with Crippen molar-refractivity contribution in [3.63, 3.8) is 0 Å². The van der Waals surface area contributed by atoms with Crippen LogP contribution in [0.15, 0.2) is 18.2 Å². The highest BCUT2D eigenvalue weighted by atomic mass is 19.1. The van der Waals surface area contributed by atoms with Crippen molar-refractivity contribution in [1.29, 1.82) is 0 Å². The van der Waals surface area contributed by atoms with E-state index in [-0.39, 0.29) is 12.1 Å². The minimum absolute atomic E-state index is 0.289. The van der Waals surface area contributed by atoms with Crippen LogP contribution in [0.5, 0.6) is 5.75 Å². The summed E-state index contributed by atoms with van der Waals surface area (Å²) in [5.41, 5.74) is 6.10. The average Bonchev–Trinajstić information content (AvgIpc) is 2.25. The summed E-state index contributed by atoms with van der Waals surface area (Å²) in [4.78, 5) is 0. The molecule has 1 saturated heterocycles. The number of halogens is 1. The van der Waals surface area contributed by atoms with Crippen molar-refractivity contribution in [2.24, 2.45) is 0 Å². The third-order valence-corrected chi connectivity index (χ3v) is 2.37. The lowest BCUT2D eigenvalue weighted by molar-refractivity contribution is -0.105. The molecule has 82 valence electrons. The van der Waals surface area contributed by atoms with Crippen LogP contribution < -0.4 is 10.5 Å². The minimum atomic E-state index is -0.352. The third-order valence-electron chi connectivity index (χ3n) is 2.37. The second kappa shape index (κ2) is 4.49. The molecular formula is C11H14FNO2. The van der Waals surface area contributed by atoms with Crippen LogP contribution in [-0.2, 0) is 4.74 Å². The molecule has 1 aliphatic heterocycles. The van der Waals surface area contributed by atoms with Gasteiger partial charge in [0.1, 0.15) is 11.6 Å². The van der Waals surface area contributed by atoms with Crippen molar-refractivity contribution in [2.75, 3.05) is 12.3 Å². The third kappa shape index (κ3) is 2.59. The van der Waals surface area contributed by atoms with Crippen LogP contribution in [0.2, 0.25) is 0 Å². The molecule has 0 aromatic heterocycles. The Morgan fingerprint density at radius 2 is 2.27 bits per heavy atom. The van der Waals surface area contributed by atoms with Gasteiger partial charge in [-0.3, -0.25) is 0 Å². The standard InChI is InChI=1S/C11H14FNO2/c12-8-4-5-9(13)10(7-8)15-11-3-1-2-6-14-11/h4-5,7,11H,1-3,6,13H2/t11-/m1/s1. The number of hydrogen-bond acceptors (Lipinski definition) is 3. The first-order chi connectivity index (χ1) is 7.25. The number of nitrogen functional groups attached to an aromatic ring is 1. The van der Waals surface area contributed by atoms with Crippen molar-refractivity contribution in [3.05, 3.63) is 24.0 Å². The van der Waals surface area contributed by atoms with Gasteiger partial charge in [0.2, 0.25) is 0 Å². The monoisotopic (exact) mass is 211 g/mol. The molecule has 1 fully saturated rings. The lowest BCUT2D eigenvalue weighted by Gasteiger charge is -2.24. The molecule has 4 heteroatoms. The Morgan fingerprint density at radius 3 is 3.00 bits per heavy atom. The van der Waals surface area contributed by atoms with Gasteiger partial charge in [0.05, 0.1) is 12.3 Å². The molecule has 0 radical (unpaired) electrons. The summed E-state index contributed by atoms with van der Waals surface area (Å²) in [7, 11) is 0. The Labute approximate surface area is 88.0 Å². The summed E-state index contributed by atoms with van der Waals surface area (Å²) >= 11 is 0. The number of anilines is 1. The number of hydrogen-bond donors (Lipinski definition) is 1. The molecule has 0 aliphatic carbocycles. The lowest BCUT2D eigenvalue weighted by atomic mass is 10.2. The van der Waals surface area contributed by atoms with Crippen molar-refractivity contribution in [3.8, 4) is 5.75 Å². The van der Waals surface area contributed by atoms with E-state index in [1.807, 2.05) is 0 Å². The van der Waals surface area contributed by atoms with E-state index in [0.29, 0.717) is 18.0 Å². The zero-order chi connectivity index (χ0) is 10.7. The molecule has 2 rings (SSSR count). The molecule has 1 atom stereocenters. The van der Waals surface area contributed by atoms with Crippen molar-refractivity contribution in [2.45, 2.75) is 25.6 Å². The molecule has 2 N–H and O–H groups in total. The van der Waals surface area contributed by atoms with Crippen LogP contribution >= 0.6 is 0 Å². The predicted octanol–water partition coefficient (Wildman–Crippen LogP) is 2.31. The smallest absolute Gasteiger partial charge is 0.199 e. The fourth-order valence-corrected chi connectivity index (χ4v) is 1.56. The predicted molar refractivity (Wildman–Crippen MR) is 55.0 cm³/mol. The molecule has 1 aromatic carbocycles. The summed E-state index contributed by atoms with van der Waals surface area (Å²) in [6.45, 7) is 0.694. The van der Waals surface area contributed by atoms with E-state index in [2.05, 4.69) is 0 Å². The molecule has 1 heterocycles. The fourth-order valence-electron chi connectivity index (χ4n) is 1.56. The summed E-state index contributed by atoms with van der Waals surface area (Å²) in [6, 6.07) is 4.09. The van der Waals surface area contributed by atoms with Gasteiger partial charge in [-0.15, -0.1) is 0 Å². The van der Waals surface area contributed by atoms with Crippen LogP contribution in [0.1, 0.15) is 19.3 Å². The lowest BCUT2D eigenvalue weighted by Crippen LogP contribution is -2.25. The van der Waals surface area contributed by atoms with Gasteiger partial charge in [-0.1, -0.05) is 0 Å². The molecular weight excluding hydrogens is 197 g/mol. The topological polar surface area (TPSA) is 44.5 Å². The van der Waals surface area contributed by atoms with E-state index in [9.17, 15) is 4.39 Å². The average molecular weight is 211 g/mol. The molecule has 0 spiro atoms. The Balaban J connectivity index is 2.05. The maximum Gasteiger partial charge on any atom is 0.199 e. The van der Waals surface area contributed by atoms with Gasteiger partial charge < -0.3 is 15.2 Å². The second-order valence-electron chi connectivity index (χ2n) is 3.60. The Hall–Kier alpha value is -1.29. The van der Waals surface area contributed by atoms with Gasteiger partial charge in [0, 0.05) is 12.5 Å². The zero-order valence-corrected chi connectivity index (χ0v) is 8.41. The van der Waals surface area contributed by atoms with E-state index >= 15 is 0 Å². The fraction of sp³-hybridized carbons (Fsp3) is 0.455. The van der Waals surface area contributed by atoms with Crippen molar-refractivity contribution >= 4 is 5.69 Å². The Kier molecular flexibility index (Phi) is 3.06. The summed E-state index contributed by atoms with van der Waals surface area (Å²) in [5, 5.41) is 0. The highest BCUT2D eigenvalue weighted by Gasteiger charge is 2.16. The maximum absolute atomic E-state index is 12.9. The molecule has 15 heavy (non-hydrogen) atoms. The SMILES string of the molecule is Nc1ccc(F)cc1O[C@@H]1CCCCO1. The summed E-state index contributed by atoms with van der Waals surface area (Å²) in [6.07, 6.45) is 2.66. The molecule has 1 aromatic rings. The molecule has 0 unspecified atom stereocenters. The van der Waals surface area contributed by atoms with Gasteiger partial charge in [-0.25, -0.2) is 4.39 Å². The highest BCUT2D eigenvalue weighted by molar-refractivity contribution is 5.52. The number of ether oxygens (including phenoxy) is 2. The van der Waals surface area contributed by atoms with Gasteiger partial charge >= 0.3 is 0 Å². The van der Waals surface area contributed by atoms with Gasteiger partial charge in [-0.05, 0) is 25.0 Å². The molecule has 0 bridgehead atoms. The zero-order valence-electron chi connectivity index (χ0n) is 8.41. The van der Waals surface area contributed by atoms with Crippen LogP contribution in [0, 0.1) is 5.82 Å². The van der Waals surface area contributed by atoms with E-state index < -0.39 is 0 Å². The summed E-state index contributed by atoms with van der Waals surface area (Å²) < 4.78 is 23.8. The molecule has 0 saturated carbocycles. The quantitative estimate of drug-likeness (QED) is 0.763. The summed E-state index contributed by atoms with van der Waals surface area (Å²) in [5.74, 6) is 0.0110. The second-order valence-corrected chi connectivity index (χ2v) is 3.60. The van der Waals surface area contributed by atoms with E-state index in [1.165, 1.54) is 18.2 Å². The largest absolute Gasteiger partial charge is 0.463 e. The Morgan fingerprint density at radius 1 is 1.40 bits per heavy atom. The van der Waals surface area contributed by atoms with Gasteiger partial charge in [0.15, 0.2) is 6.29 Å². The molecule has 0 amide bonds. The highest BCUT2D eigenvalue weighted by Crippen LogP contribution is 2.25. The first kappa shape index (κ1) is 10.2. The normalized spacial score (nSPS) is 21.3. The molecule has 3 nitrogen and oxygen atoms in total. The minimum Gasteiger partial charge on any atom is -0.463 e. The van der Waals surface area contributed by atoms with Crippen LogP contribution in [0.4, 0.5) is 10.1 Å². The van der Waals surface area contributed by atoms with Gasteiger partial charge in [-0.2, -0.15) is 0 Å². The van der Waals surface area contributed by atoms with Crippen LogP contribution in [0.25, 0.3) is 0 Å². The van der Waals surface area contributed by atoms with E-state index in [1.54, 1.807) is 0 Å². The van der Waals surface area contributed by atoms with Crippen LogP contribution in [-0.4, -0.2) is 12.9 Å². The van der Waals surface area contributed by atoms with Crippen molar-refractivity contribution < 1.29 is 13.9 Å². The molecule has 1 aliphatic rings. The van der Waals surface area contributed by atoms with E-state index in [4.69, 9.17) is 15.2 Å². The number of benzene rings is 1. The first-order valence-corrected chi connectivity index (χ1v) is 5.09. The number of rotatable bonds is 2. The van der Waals surface area contributed by atoms with Crippen LogP contribution in [0.3, 0.4) is 0 Å². The van der Waals surface area contributed by atoms with Gasteiger partial charge in [0.25, 0.3) is 0 Å². The van der Waals surface area contributed by atoms with Crippen molar-refractivity contribution in [1.82, 2.24) is 0 Å².